The first kappa shape index (κ1) is 58.6. The van der Waals surface area contributed by atoms with E-state index in [9.17, 15) is 34.1 Å². The summed E-state index contributed by atoms with van der Waals surface area (Å²) in [6, 6.07) is 32.1. The van der Waals surface area contributed by atoms with Crippen molar-refractivity contribution in [3.8, 4) is 0 Å². The molecule has 19 nitrogen and oxygen atoms in total. The number of ether oxygens (including phenoxy) is 9. The zero-order valence-corrected chi connectivity index (χ0v) is 43.6. The second kappa shape index (κ2) is 30.8. The molecule has 2 aliphatic heterocycles. The molecule has 0 radical (unpaired) electrons. The predicted octanol–water partition coefficient (Wildman–Crippen LogP) is 7.64. The minimum Gasteiger partial charge on any atom is -0.463 e. The van der Waals surface area contributed by atoms with Gasteiger partial charge in [0.05, 0.1) is 37.5 Å². The molecule has 0 unspecified atom stereocenters. The lowest BCUT2D eigenvalue weighted by atomic mass is 9.91. The number of nitrogens with one attached hydrogen (secondary N) is 2. The fraction of sp³-hybridized carbons (Fsp3) is 0.491. The minimum atomic E-state index is -1.56. The number of amides is 2. The van der Waals surface area contributed by atoms with Gasteiger partial charge in [-0.15, -0.1) is 0 Å². The van der Waals surface area contributed by atoms with Gasteiger partial charge >= 0.3 is 17.9 Å². The number of hydrogen-bond acceptors (Lipinski definition) is 16. The number of carbonyl (C=O) groups excluding carboxylic acids is 5. The van der Waals surface area contributed by atoms with Crippen molar-refractivity contribution in [1.82, 2.24) is 10.6 Å². The average Bonchev–Trinajstić information content (AvgIpc) is 3.41. The number of esters is 3. The molecule has 0 spiro atoms. The van der Waals surface area contributed by atoms with Gasteiger partial charge in [-0.3, -0.25) is 34.1 Å². The van der Waals surface area contributed by atoms with Crippen molar-refractivity contribution < 1.29 is 71.5 Å². The van der Waals surface area contributed by atoms with Crippen LogP contribution in [0.5, 0.6) is 0 Å². The van der Waals surface area contributed by atoms with Gasteiger partial charge in [-0.25, -0.2) is 0 Å². The highest BCUT2D eigenvalue weighted by molar-refractivity contribution is 5.94. The van der Waals surface area contributed by atoms with Crippen molar-refractivity contribution in [2.45, 2.75) is 160 Å². The molecule has 4 aromatic rings. The maximum Gasteiger partial charge on any atom is 0.303 e. The summed E-state index contributed by atoms with van der Waals surface area (Å²) < 4.78 is 57.6. The number of non-ortho nitro benzene ring substituents is 1. The molecule has 2 aliphatic rings. The van der Waals surface area contributed by atoms with E-state index in [0.29, 0.717) is 6.54 Å². The average molecular weight is 1050 g/mol. The summed E-state index contributed by atoms with van der Waals surface area (Å²) in [7, 11) is 0. The Morgan fingerprint density at radius 2 is 1.08 bits per heavy atom. The highest BCUT2D eigenvalue weighted by Crippen LogP contribution is 2.35. The highest BCUT2D eigenvalue weighted by Gasteiger charge is 2.53. The first-order valence-corrected chi connectivity index (χ1v) is 26.0. The van der Waals surface area contributed by atoms with Gasteiger partial charge in [-0.1, -0.05) is 130 Å². The number of carbonyl (C=O) groups is 5. The Morgan fingerprint density at radius 3 is 1.62 bits per heavy atom. The minimum absolute atomic E-state index is 0.0132. The summed E-state index contributed by atoms with van der Waals surface area (Å²) in [6.07, 6.45) is -3.54. The number of hydrogen-bond donors (Lipinski definition) is 2. The van der Waals surface area contributed by atoms with Crippen LogP contribution >= 0.6 is 0 Å². The third kappa shape index (κ3) is 18.6. The maximum absolute atomic E-state index is 14.1. The van der Waals surface area contributed by atoms with Crippen molar-refractivity contribution >= 4 is 35.4 Å². The zero-order chi connectivity index (χ0) is 54.2. The van der Waals surface area contributed by atoms with Crippen molar-refractivity contribution in [3.05, 3.63) is 148 Å². The zero-order valence-electron chi connectivity index (χ0n) is 43.6. The van der Waals surface area contributed by atoms with E-state index < -0.39 is 96.5 Å². The second-order valence-corrected chi connectivity index (χ2v) is 18.8. The molecule has 2 fully saturated rings. The second-order valence-electron chi connectivity index (χ2n) is 18.8. The molecule has 410 valence electrons. The Balaban J connectivity index is 1.38. The summed E-state index contributed by atoms with van der Waals surface area (Å²) in [5, 5.41) is 17.3. The topological polar surface area (TPSA) is 236 Å². The van der Waals surface area contributed by atoms with Crippen LogP contribution in [0.1, 0.15) is 106 Å². The lowest BCUT2D eigenvalue weighted by molar-refractivity contribution is -0.384. The van der Waals surface area contributed by atoms with Gasteiger partial charge in [0.1, 0.15) is 43.2 Å². The van der Waals surface area contributed by atoms with Crippen LogP contribution in [-0.2, 0) is 81.6 Å². The summed E-state index contributed by atoms with van der Waals surface area (Å²) >= 11 is 0. The van der Waals surface area contributed by atoms with E-state index in [1.165, 1.54) is 25.5 Å². The lowest BCUT2D eigenvalue weighted by Crippen LogP contribution is -2.67. The number of unbranched alkanes of at least 4 members (excludes halogenated alkanes) is 5. The highest BCUT2D eigenvalue weighted by atomic mass is 16.7. The molecule has 19 heteroatoms. The number of nitro benzene ring substituents is 1. The summed E-state index contributed by atoms with van der Waals surface area (Å²) in [5.74, 6) is -3.26. The molecule has 2 heterocycles. The van der Waals surface area contributed by atoms with Crippen molar-refractivity contribution in [1.29, 1.82) is 0 Å². The van der Waals surface area contributed by atoms with Crippen LogP contribution < -0.4 is 10.6 Å². The number of nitro groups is 1. The SMILES string of the molecule is CCCCCCCCNC(=O)CC[C@H]1O[C@H](CO[C@@H]2O[C@H](COC(C)=O)[C@H](OC(C)=O)[C@H](OC(C)=O)[C@H]2NC(=O)c2ccc([N+](=O)[O-])cc2)[C@H](OCc2ccccc2)[C@H](OCc2ccccc2)[C@H]1OCc1ccccc1. The standard InChI is InChI=1S/C57H71N3O16/c1-5-6-7-8-9-19-32-58-49(64)31-30-46-51(69-33-41-20-13-10-14-21-41)55(71-35-43-24-17-12-18-25-43)52(70-34-42-22-15-11-16-23-42)47(75-46)37-72-57-50(59-56(65)44-26-28-45(29-27-44)60(66)67)54(74-40(4)63)53(73-39(3)62)48(76-57)36-68-38(2)61/h10-18,20-29,46-48,50-55,57H,5-9,19,30-37H2,1-4H3,(H,58,64)(H,59,65)/t46-,47-,48-,50-,51+,52+,53+,54-,55-,57-/m1/s1. The van der Waals surface area contributed by atoms with Crippen molar-refractivity contribution in [3.63, 3.8) is 0 Å². The predicted molar refractivity (Wildman–Crippen MR) is 276 cm³/mol. The summed E-state index contributed by atoms with van der Waals surface area (Å²) in [5.41, 5.74) is 2.33. The van der Waals surface area contributed by atoms with Gasteiger partial charge in [0.15, 0.2) is 18.5 Å². The summed E-state index contributed by atoms with van der Waals surface area (Å²) in [4.78, 5) is 76.3. The van der Waals surface area contributed by atoms with Gasteiger partial charge in [0, 0.05) is 51.4 Å². The first-order valence-electron chi connectivity index (χ1n) is 26.0. The van der Waals surface area contributed by atoms with Crippen molar-refractivity contribution in [2.24, 2.45) is 0 Å². The molecule has 0 bridgehead atoms. The Labute approximate surface area is 443 Å². The Morgan fingerprint density at radius 1 is 0.566 bits per heavy atom. The molecule has 2 N–H and O–H groups in total. The molecule has 10 atom stereocenters. The number of nitrogens with zero attached hydrogens (tertiary/aromatic N) is 1. The van der Waals surface area contributed by atoms with Gasteiger partial charge in [-0.2, -0.15) is 0 Å². The monoisotopic (exact) mass is 1050 g/mol. The van der Waals surface area contributed by atoms with Crippen LogP contribution in [0.2, 0.25) is 0 Å². The molecule has 2 amide bonds. The van der Waals surface area contributed by atoms with Crippen LogP contribution in [0.3, 0.4) is 0 Å². The molecule has 0 saturated carbocycles. The van der Waals surface area contributed by atoms with Crippen LogP contribution in [0, 0.1) is 10.1 Å². The normalized spacial score (nSPS) is 23.2. The number of benzene rings is 4. The van der Waals surface area contributed by atoms with E-state index in [1.54, 1.807) is 0 Å². The first-order chi connectivity index (χ1) is 36.8. The van der Waals surface area contributed by atoms with Gasteiger partial charge in [0.25, 0.3) is 11.6 Å². The third-order valence-corrected chi connectivity index (χ3v) is 12.9. The maximum atomic E-state index is 14.1. The lowest BCUT2D eigenvalue weighted by Gasteiger charge is -2.48. The largest absolute Gasteiger partial charge is 0.463 e. The molecular weight excluding hydrogens is 983 g/mol. The molecule has 4 aromatic carbocycles. The smallest absolute Gasteiger partial charge is 0.303 e. The van der Waals surface area contributed by atoms with Crippen LogP contribution in [-0.4, -0.2) is 116 Å². The van der Waals surface area contributed by atoms with Gasteiger partial charge in [-0.05, 0) is 41.7 Å². The Kier molecular flexibility index (Phi) is 23.8. The molecule has 6 rings (SSSR count). The molecule has 76 heavy (non-hydrogen) atoms. The van der Waals surface area contributed by atoms with Gasteiger partial charge < -0.3 is 53.3 Å². The molecule has 2 saturated heterocycles. The quantitative estimate of drug-likeness (QED) is 0.0175. The van der Waals surface area contributed by atoms with Gasteiger partial charge in [0.2, 0.25) is 5.91 Å². The molecule has 0 aromatic heterocycles. The van der Waals surface area contributed by atoms with Crippen LogP contribution in [0.15, 0.2) is 115 Å². The number of rotatable bonds is 29. The van der Waals surface area contributed by atoms with E-state index in [4.69, 9.17) is 42.6 Å². The van der Waals surface area contributed by atoms with E-state index >= 15 is 0 Å². The van der Waals surface area contributed by atoms with E-state index in [-0.39, 0.29) is 56.4 Å². The van der Waals surface area contributed by atoms with Crippen molar-refractivity contribution in [2.75, 3.05) is 19.8 Å². The summed E-state index contributed by atoms with van der Waals surface area (Å²) in [6.45, 7) is 5.70. The fourth-order valence-corrected chi connectivity index (χ4v) is 9.10. The fourth-order valence-electron chi connectivity index (χ4n) is 9.10. The van der Waals surface area contributed by atoms with E-state index in [1.807, 2.05) is 91.0 Å². The van der Waals surface area contributed by atoms with E-state index in [0.717, 1.165) is 74.8 Å². The Bertz CT molecular complexity index is 2430. The van der Waals surface area contributed by atoms with Crippen LogP contribution in [0.4, 0.5) is 5.69 Å². The Hall–Kier alpha value is -6.61. The van der Waals surface area contributed by atoms with Crippen LogP contribution in [0.25, 0.3) is 0 Å². The van der Waals surface area contributed by atoms with E-state index in [2.05, 4.69) is 17.6 Å². The molecular formula is C57H71N3O16. The molecule has 0 aliphatic carbocycles. The third-order valence-electron chi connectivity index (χ3n) is 12.9.